The third kappa shape index (κ3) is 3.57. The molecule has 0 heterocycles. The summed E-state index contributed by atoms with van der Waals surface area (Å²) in [6.07, 6.45) is 0.571. The van der Waals surface area contributed by atoms with E-state index in [0.29, 0.717) is 16.5 Å². The minimum Gasteiger partial charge on any atom is -0.382 e. The molecule has 1 unspecified atom stereocenters. The molecular formula is C16H16BrF2N. The van der Waals surface area contributed by atoms with Crippen molar-refractivity contribution in [1.82, 2.24) is 0 Å². The fourth-order valence-corrected chi connectivity index (χ4v) is 2.46. The van der Waals surface area contributed by atoms with Gasteiger partial charge in [0.05, 0.1) is 4.47 Å². The van der Waals surface area contributed by atoms with Gasteiger partial charge in [-0.1, -0.05) is 18.2 Å². The Bertz CT molecular complexity index is 613. The van der Waals surface area contributed by atoms with Crippen LogP contribution in [0.2, 0.25) is 0 Å². The third-order valence-electron chi connectivity index (χ3n) is 3.15. The standard InChI is InChI=1S/C16H16BrF2N/c1-10-7-15(19)13(17)9-16(10)20-11(2)8-12-5-3-4-6-14(12)18/h3-7,9,11,20H,8H2,1-2H3. The number of hydrogen-bond acceptors (Lipinski definition) is 1. The Balaban J connectivity index is 2.11. The summed E-state index contributed by atoms with van der Waals surface area (Å²) in [4.78, 5) is 0. The Morgan fingerprint density at radius 1 is 1.15 bits per heavy atom. The maximum atomic E-state index is 13.6. The molecule has 0 radical (unpaired) electrons. The summed E-state index contributed by atoms with van der Waals surface area (Å²) in [5.41, 5.74) is 2.35. The zero-order valence-electron chi connectivity index (χ0n) is 11.4. The maximum absolute atomic E-state index is 13.6. The topological polar surface area (TPSA) is 12.0 Å². The van der Waals surface area contributed by atoms with Gasteiger partial charge in [-0.3, -0.25) is 0 Å². The second-order valence-corrected chi connectivity index (χ2v) is 5.78. The van der Waals surface area contributed by atoms with E-state index in [1.54, 1.807) is 18.2 Å². The second-order valence-electron chi connectivity index (χ2n) is 4.92. The zero-order chi connectivity index (χ0) is 14.7. The SMILES string of the molecule is Cc1cc(F)c(Br)cc1NC(C)Cc1ccccc1F. The number of halogens is 3. The first-order valence-electron chi connectivity index (χ1n) is 6.43. The number of benzene rings is 2. The van der Waals surface area contributed by atoms with E-state index in [1.165, 1.54) is 12.1 Å². The summed E-state index contributed by atoms with van der Waals surface area (Å²) >= 11 is 3.17. The lowest BCUT2D eigenvalue weighted by Crippen LogP contribution is -2.19. The molecule has 0 amide bonds. The van der Waals surface area contributed by atoms with Crippen LogP contribution in [0.1, 0.15) is 18.1 Å². The Morgan fingerprint density at radius 2 is 1.85 bits per heavy atom. The van der Waals surface area contributed by atoms with Gasteiger partial charge in [0, 0.05) is 11.7 Å². The van der Waals surface area contributed by atoms with Crippen molar-refractivity contribution in [2.24, 2.45) is 0 Å². The van der Waals surface area contributed by atoms with Crippen molar-refractivity contribution in [3.05, 3.63) is 63.6 Å². The molecule has 0 aliphatic heterocycles. The molecule has 0 aliphatic carbocycles. The van der Waals surface area contributed by atoms with E-state index in [-0.39, 0.29) is 17.7 Å². The van der Waals surface area contributed by atoms with Gasteiger partial charge in [-0.05, 0) is 65.5 Å². The highest BCUT2D eigenvalue weighted by Crippen LogP contribution is 2.25. The van der Waals surface area contributed by atoms with Crippen molar-refractivity contribution in [3.8, 4) is 0 Å². The molecule has 0 aromatic heterocycles. The molecule has 1 N–H and O–H groups in total. The van der Waals surface area contributed by atoms with Gasteiger partial charge in [-0.2, -0.15) is 0 Å². The highest BCUT2D eigenvalue weighted by Gasteiger charge is 2.10. The van der Waals surface area contributed by atoms with Crippen LogP contribution in [-0.4, -0.2) is 6.04 Å². The molecule has 2 aromatic rings. The van der Waals surface area contributed by atoms with E-state index in [2.05, 4.69) is 21.2 Å². The van der Waals surface area contributed by atoms with E-state index < -0.39 is 0 Å². The molecule has 0 bridgehead atoms. The minimum atomic E-state index is -0.283. The average Bonchev–Trinajstić information content (AvgIpc) is 2.39. The first-order chi connectivity index (χ1) is 9.47. The van der Waals surface area contributed by atoms with Gasteiger partial charge in [-0.15, -0.1) is 0 Å². The van der Waals surface area contributed by atoms with Gasteiger partial charge in [-0.25, -0.2) is 8.78 Å². The third-order valence-corrected chi connectivity index (χ3v) is 3.76. The highest BCUT2D eigenvalue weighted by atomic mass is 79.9. The molecule has 0 fully saturated rings. The van der Waals surface area contributed by atoms with Crippen molar-refractivity contribution >= 4 is 21.6 Å². The van der Waals surface area contributed by atoms with Crippen LogP contribution in [0.15, 0.2) is 40.9 Å². The first kappa shape index (κ1) is 15.0. The molecule has 106 valence electrons. The van der Waals surface area contributed by atoms with Crippen molar-refractivity contribution in [2.75, 3.05) is 5.32 Å². The monoisotopic (exact) mass is 339 g/mol. The molecule has 2 aromatic carbocycles. The van der Waals surface area contributed by atoms with Crippen LogP contribution in [0.25, 0.3) is 0 Å². The van der Waals surface area contributed by atoms with E-state index in [4.69, 9.17) is 0 Å². The summed E-state index contributed by atoms with van der Waals surface area (Å²) < 4.78 is 27.4. The number of anilines is 1. The normalized spacial score (nSPS) is 12.2. The zero-order valence-corrected chi connectivity index (χ0v) is 13.0. The predicted molar refractivity (Wildman–Crippen MR) is 82.0 cm³/mol. The van der Waals surface area contributed by atoms with Crippen molar-refractivity contribution in [1.29, 1.82) is 0 Å². The Morgan fingerprint density at radius 3 is 2.55 bits per heavy atom. The second kappa shape index (κ2) is 6.35. The summed E-state index contributed by atoms with van der Waals surface area (Å²) in [5.74, 6) is -0.479. The molecule has 1 atom stereocenters. The molecule has 20 heavy (non-hydrogen) atoms. The quantitative estimate of drug-likeness (QED) is 0.819. The van der Waals surface area contributed by atoms with Gasteiger partial charge in [0.1, 0.15) is 11.6 Å². The van der Waals surface area contributed by atoms with Crippen LogP contribution in [0.4, 0.5) is 14.5 Å². The molecular weight excluding hydrogens is 324 g/mol. The number of aryl methyl sites for hydroxylation is 1. The lowest BCUT2D eigenvalue weighted by molar-refractivity contribution is 0.601. The van der Waals surface area contributed by atoms with Gasteiger partial charge < -0.3 is 5.32 Å². The van der Waals surface area contributed by atoms with Crippen molar-refractivity contribution in [3.63, 3.8) is 0 Å². The van der Waals surface area contributed by atoms with Gasteiger partial charge in [0.15, 0.2) is 0 Å². The molecule has 0 saturated carbocycles. The summed E-state index contributed by atoms with van der Waals surface area (Å²) in [7, 11) is 0. The molecule has 0 spiro atoms. The van der Waals surface area contributed by atoms with E-state index in [1.807, 2.05) is 19.9 Å². The molecule has 1 nitrogen and oxygen atoms in total. The fourth-order valence-electron chi connectivity index (χ4n) is 2.11. The molecule has 4 heteroatoms. The summed E-state index contributed by atoms with van der Waals surface area (Å²) in [5, 5.41) is 3.29. The minimum absolute atomic E-state index is 0.0444. The number of hydrogen-bond donors (Lipinski definition) is 1. The molecule has 0 saturated heterocycles. The Kier molecular flexibility index (Phi) is 4.76. The smallest absolute Gasteiger partial charge is 0.137 e. The first-order valence-corrected chi connectivity index (χ1v) is 7.22. The molecule has 2 rings (SSSR count). The van der Waals surface area contributed by atoms with Crippen LogP contribution in [0, 0.1) is 18.6 Å². The maximum Gasteiger partial charge on any atom is 0.137 e. The fraction of sp³-hybridized carbons (Fsp3) is 0.250. The van der Waals surface area contributed by atoms with Gasteiger partial charge in [0.25, 0.3) is 0 Å². The largest absolute Gasteiger partial charge is 0.382 e. The van der Waals surface area contributed by atoms with Crippen LogP contribution in [0.5, 0.6) is 0 Å². The highest BCUT2D eigenvalue weighted by molar-refractivity contribution is 9.10. The van der Waals surface area contributed by atoms with Crippen LogP contribution in [-0.2, 0) is 6.42 Å². The summed E-state index contributed by atoms with van der Waals surface area (Å²) in [6, 6.07) is 9.97. The van der Waals surface area contributed by atoms with Crippen LogP contribution < -0.4 is 5.32 Å². The summed E-state index contributed by atoms with van der Waals surface area (Å²) in [6.45, 7) is 3.82. The number of nitrogens with one attached hydrogen (secondary N) is 1. The lowest BCUT2D eigenvalue weighted by Gasteiger charge is -2.18. The molecule has 0 aliphatic rings. The van der Waals surface area contributed by atoms with Crippen molar-refractivity contribution in [2.45, 2.75) is 26.3 Å². The van der Waals surface area contributed by atoms with E-state index >= 15 is 0 Å². The van der Waals surface area contributed by atoms with E-state index in [0.717, 1.165) is 11.3 Å². The lowest BCUT2D eigenvalue weighted by atomic mass is 10.1. The average molecular weight is 340 g/mol. The predicted octanol–water partition coefficient (Wildman–Crippen LogP) is 5.08. The van der Waals surface area contributed by atoms with Crippen LogP contribution in [0.3, 0.4) is 0 Å². The van der Waals surface area contributed by atoms with Gasteiger partial charge >= 0.3 is 0 Å². The number of rotatable bonds is 4. The van der Waals surface area contributed by atoms with Gasteiger partial charge in [0.2, 0.25) is 0 Å². The van der Waals surface area contributed by atoms with E-state index in [9.17, 15) is 8.78 Å². The Hall–Kier alpha value is -1.42. The van der Waals surface area contributed by atoms with Crippen molar-refractivity contribution < 1.29 is 8.78 Å². The Labute approximate surface area is 126 Å². The van der Waals surface area contributed by atoms with Crippen LogP contribution >= 0.6 is 15.9 Å².